The Labute approximate surface area is 186 Å². The predicted molar refractivity (Wildman–Crippen MR) is 128 cm³/mol. The van der Waals surface area contributed by atoms with Gasteiger partial charge in [-0.05, 0) is 85.6 Å². The second-order valence-electron chi connectivity index (χ2n) is 8.44. The minimum absolute atomic E-state index is 0.153. The molecular weight excluding hydrogens is 387 g/mol. The highest BCUT2D eigenvalue weighted by Gasteiger charge is 2.22. The summed E-state index contributed by atoms with van der Waals surface area (Å²) in [5.74, 6) is 1.40. The van der Waals surface area contributed by atoms with Crippen molar-refractivity contribution in [1.82, 2.24) is 10.2 Å². The van der Waals surface area contributed by atoms with Crippen LogP contribution >= 0.6 is 0 Å². The van der Waals surface area contributed by atoms with Crippen LogP contribution in [0.3, 0.4) is 0 Å². The van der Waals surface area contributed by atoms with E-state index in [2.05, 4.69) is 67.6 Å². The summed E-state index contributed by atoms with van der Waals surface area (Å²) in [6.07, 6.45) is 15.2. The van der Waals surface area contributed by atoms with E-state index in [1.54, 1.807) is 13.2 Å². The third-order valence-corrected chi connectivity index (χ3v) is 5.91. The van der Waals surface area contributed by atoms with Crippen molar-refractivity contribution in [1.29, 1.82) is 0 Å². The molecule has 0 bridgehead atoms. The lowest BCUT2D eigenvalue weighted by molar-refractivity contribution is 0.194. The molecule has 31 heavy (non-hydrogen) atoms. The van der Waals surface area contributed by atoms with Gasteiger partial charge in [0, 0.05) is 26.5 Å². The first kappa shape index (κ1) is 23.1. The minimum atomic E-state index is -0.153. The van der Waals surface area contributed by atoms with Crippen molar-refractivity contribution in [3.8, 4) is 0 Å². The van der Waals surface area contributed by atoms with Crippen LogP contribution < -0.4 is 5.32 Å². The molecule has 1 N–H and O–H groups in total. The molecule has 2 aliphatic rings. The molecule has 1 aliphatic carbocycles. The van der Waals surface area contributed by atoms with Crippen molar-refractivity contribution in [3.05, 3.63) is 88.7 Å². The van der Waals surface area contributed by atoms with E-state index in [0.717, 1.165) is 37.4 Å². The Kier molecular flexibility index (Phi) is 7.91. The molecule has 0 saturated carbocycles. The first-order valence-corrected chi connectivity index (χ1v) is 11.2. The maximum atomic E-state index is 13.9. The smallest absolute Gasteiger partial charge is 0.126 e. The number of aryl methyl sites for hydroxylation is 1. The van der Waals surface area contributed by atoms with Gasteiger partial charge in [0.25, 0.3) is 0 Å². The molecule has 1 heterocycles. The van der Waals surface area contributed by atoms with Gasteiger partial charge in [-0.1, -0.05) is 37.3 Å². The SMILES string of the molecule is C/C=C(/NCCCOC)N1C=C(C2=C(c3ccc(F)c(C)c3)CC(C)C=C2)C=CC1C. The lowest BCUT2D eigenvalue weighted by Crippen LogP contribution is -2.35. The fourth-order valence-corrected chi connectivity index (χ4v) is 4.11. The van der Waals surface area contributed by atoms with Crippen LogP contribution in [0.1, 0.15) is 44.7 Å². The van der Waals surface area contributed by atoms with E-state index in [-0.39, 0.29) is 11.9 Å². The summed E-state index contributed by atoms with van der Waals surface area (Å²) < 4.78 is 19.1. The molecule has 1 aromatic rings. The van der Waals surface area contributed by atoms with E-state index in [1.807, 2.05) is 19.1 Å². The number of allylic oxidation sites excluding steroid dienone is 7. The third kappa shape index (κ3) is 5.56. The number of methoxy groups -OCH3 is 1. The van der Waals surface area contributed by atoms with Crippen molar-refractivity contribution in [2.24, 2.45) is 5.92 Å². The van der Waals surface area contributed by atoms with Crippen LogP contribution in [-0.4, -0.2) is 31.2 Å². The van der Waals surface area contributed by atoms with E-state index in [9.17, 15) is 4.39 Å². The highest BCUT2D eigenvalue weighted by atomic mass is 19.1. The molecule has 0 radical (unpaired) electrons. The number of rotatable bonds is 8. The van der Waals surface area contributed by atoms with E-state index < -0.39 is 0 Å². The molecule has 1 aromatic carbocycles. The summed E-state index contributed by atoms with van der Waals surface area (Å²) in [5.41, 5.74) is 5.46. The van der Waals surface area contributed by atoms with Gasteiger partial charge in [-0.3, -0.25) is 0 Å². The topological polar surface area (TPSA) is 24.5 Å². The second kappa shape index (κ2) is 10.6. The fraction of sp³-hybridized carbons (Fsp3) is 0.407. The molecule has 0 saturated heterocycles. The highest BCUT2D eigenvalue weighted by Crippen LogP contribution is 2.37. The summed E-state index contributed by atoms with van der Waals surface area (Å²) in [5, 5.41) is 3.54. The lowest BCUT2D eigenvalue weighted by Gasteiger charge is -2.33. The van der Waals surface area contributed by atoms with Crippen LogP contribution in [0.2, 0.25) is 0 Å². The molecule has 0 aromatic heterocycles. The first-order valence-electron chi connectivity index (χ1n) is 11.2. The maximum Gasteiger partial charge on any atom is 0.126 e. The summed E-state index contributed by atoms with van der Waals surface area (Å²) in [4.78, 5) is 2.29. The molecule has 2 unspecified atom stereocenters. The van der Waals surface area contributed by atoms with E-state index in [4.69, 9.17) is 4.74 Å². The van der Waals surface area contributed by atoms with Gasteiger partial charge >= 0.3 is 0 Å². The average Bonchev–Trinajstić information content (AvgIpc) is 2.76. The number of halogens is 1. The van der Waals surface area contributed by atoms with E-state index in [1.165, 1.54) is 16.7 Å². The van der Waals surface area contributed by atoms with Gasteiger partial charge in [-0.25, -0.2) is 4.39 Å². The summed E-state index contributed by atoms with van der Waals surface area (Å²) >= 11 is 0. The van der Waals surface area contributed by atoms with E-state index in [0.29, 0.717) is 11.5 Å². The van der Waals surface area contributed by atoms with Gasteiger partial charge in [0.05, 0.1) is 6.04 Å². The molecule has 166 valence electrons. The Morgan fingerprint density at radius 2 is 2.06 bits per heavy atom. The quantitative estimate of drug-likeness (QED) is 0.511. The summed E-state index contributed by atoms with van der Waals surface area (Å²) in [6, 6.07) is 5.72. The Morgan fingerprint density at radius 3 is 2.77 bits per heavy atom. The maximum absolute atomic E-state index is 13.9. The van der Waals surface area contributed by atoms with Crippen LogP contribution in [0.15, 0.2) is 71.7 Å². The zero-order valence-electron chi connectivity index (χ0n) is 19.4. The molecule has 4 heteroatoms. The molecule has 1 aliphatic heterocycles. The van der Waals surface area contributed by atoms with Crippen LogP contribution in [0, 0.1) is 18.7 Å². The van der Waals surface area contributed by atoms with Gasteiger partial charge in [-0.15, -0.1) is 0 Å². The molecule has 0 spiro atoms. The zero-order chi connectivity index (χ0) is 22.4. The summed E-state index contributed by atoms with van der Waals surface area (Å²) in [7, 11) is 1.73. The number of nitrogens with zero attached hydrogens (tertiary/aromatic N) is 1. The van der Waals surface area contributed by atoms with Crippen molar-refractivity contribution in [3.63, 3.8) is 0 Å². The number of benzene rings is 1. The predicted octanol–water partition coefficient (Wildman–Crippen LogP) is 6.12. The van der Waals surface area contributed by atoms with Crippen molar-refractivity contribution in [2.75, 3.05) is 20.3 Å². The van der Waals surface area contributed by atoms with Crippen LogP contribution in [0.5, 0.6) is 0 Å². The van der Waals surface area contributed by atoms with Crippen molar-refractivity contribution < 1.29 is 9.13 Å². The number of nitrogens with one attached hydrogen (secondary N) is 1. The van der Waals surface area contributed by atoms with Gasteiger partial charge < -0.3 is 15.0 Å². The normalized spacial score (nSPS) is 21.5. The molecule has 3 rings (SSSR count). The van der Waals surface area contributed by atoms with Gasteiger partial charge in [0.2, 0.25) is 0 Å². The highest BCUT2D eigenvalue weighted by molar-refractivity contribution is 5.78. The van der Waals surface area contributed by atoms with Gasteiger partial charge in [0.15, 0.2) is 0 Å². The molecule has 3 nitrogen and oxygen atoms in total. The monoisotopic (exact) mass is 422 g/mol. The van der Waals surface area contributed by atoms with Crippen molar-refractivity contribution >= 4 is 5.57 Å². The third-order valence-electron chi connectivity index (χ3n) is 5.91. The van der Waals surface area contributed by atoms with Gasteiger partial charge in [-0.2, -0.15) is 0 Å². The Hall–Kier alpha value is -2.59. The number of hydrogen-bond acceptors (Lipinski definition) is 3. The van der Waals surface area contributed by atoms with E-state index >= 15 is 0 Å². The average molecular weight is 423 g/mol. The number of ether oxygens (including phenoxy) is 1. The Balaban J connectivity index is 1.95. The first-order chi connectivity index (χ1) is 14.9. The fourth-order valence-electron chi connectivity index (χ4n) is 4.11. The Bertz CT molecular complexity index is 939. The zero-order valence-corrected chi connectivity index (χ0v) is 19.4. The van der Waals surface area contributed by atoms with Crippen LogP contribution in [0.4, 0.5) is 4.39 Å². The largest absolute Gasteiger partial charge is 0.385 e. The standard InChI is InChI=1S/C27H35FN2O/c1-6-27(29-14-7-15-31-5)30-18-23(10-9-21(30)4)24-12-8-19(2)16-25(24)22-11-13-26(28)20(3)17-22/h6,8-13,17-19,21,29H,7,14-16H2,1-5H3/b27-6-. The van der Waals surface area contributed by atoms with Crippen LogP contribution in [-0.2, 0) is 4.74 Å². The van der Waals surface area contributed by atoms with Gasteiger partial charge in [0.1, 0.15) is 11.6 Å². The minimum Gasteiger partial charge on any atom is -0.385 e. The van der Waals surface area contributed by atoms with Crippen LogP contribution in [0.25, 0.3) is 5.57 Å². The molecular formula is C27H35FN2O. The molecule has 2 atom stereocenters. The lowest BCUT2D eigenvalue weighted by atomic mass is 9.83. The summed E-state index contributed by atoms with van der Waals surface area (Å²) in [6.45, 7) is 9.93. The molecule has 0 fully saturated rings. The Morgan fingerprint density at radius 1 is 1.26 bits per heavy atom. The number of hydrogen-bond donors (Lipinski definition) is 1. The second-order valence-corrected chi connectivity index (χ2v) is 8.44. The van der Waals surface area contributed by atoms with Crippen molar-refractivity contribution in [2.45, 2.75) is 46.6 Å². The molecule has 0 amide bonds.